The van der Waals surface area contributed by atoms with E-state index in [4.69, 9.17) is 9.47 Å². The Bertz CT molecular complexity index is 903. The molecule has 2 amide bonds. The highest BCUT2D eigenvalue weighted by Crippen LogP contribution is 2.53. The minimum absolute atomic E-state index is 0.00799. The molecule has 34 heavy (non-hydrogen) atoms. The van der Waals surface area contributed by atoms with Gasteiger partial charge in [-0.05, 0) is 38.5 Å². The maximum absolute atomic E-state index is 14.3. The molecule has 8 heteroatoms. The van der Waals surface area contributed by atoms with Crippen LogP contribution in [0.25, 0.3) is 0 Å². The number of likely N-dealkylation sites (tertiary alicyclic amines) is 1. The zero-order valence-corrected chi connectivity index (χ0v) is 21.0. The lowest BCUT2D eigenvalue weighted by Crippen LogP contribution is -2.60. The van der Waals surface area contributed by atoms with Crippen LogP contribution in [0.4, 0.5) is 0 Å². The standard InChI is InChI=1S/C26H38N2O6/c1-24(2,3)16-25(4,5)28-13-8-11-26-19(18-17(34-26)10-6-7-15-33-23(18)32)21(30)27(12-9-14-29)20(26)22(28)31/h6,8,10-11,17-20,29H,7,9,12-16H2,1-5H3/t17-,18+,19+,20?,26+/m1/s1. The summed E-state index contributed by atoms with van der Waals surface area (Å²) in [5.74, 6) is -2.58. The fourth-order valence-corrected chi connectivity index (χ4v) is 6.53. The SMILES string of the molecule is CC(C)(C)CC(C)(C)N1CC=C[C@]23O[C@@H]4C=CCCOC(=O)[C@@H]4[C@H]2C(=O)N(CCCO)C3C1=O. The lowest BCUT2D eigenvalue weighted by atomic mass is 9.77. The molecule has 1 unspecified atom stereocenters. The number of hydrogen-bond donors (Lipinski definition) is 1. The van der Waals surface area contributed by atoms with E-state index in [0.717, 1.165) is 6.42 Å². The van der Waals surface area contributed by atoms with Crippen molar-refractivity contribution in [3.05, 3.63) is 24.3 Å². The summed E-state index contributed by atoms with van der Waals surface area (Å²) < 4.78 is 12.0. The molecule has 188 valence electrons. The van der Waals surface area contributed by atoms with Gasteiger partial charge in [0.2, 0.25) is 11.8 Å². The second-order valence-corrected chi connectivity index (χ2v) is 11.7. The number of hydrogen-bond acceptors (Lipinski definition) is 6. The largest absolute Gasteiger partial charge is 0.465 e. The van der Waals surface area contributed by atoms with Crippen LogP contribution in [0.15, 0.2) is 24.3 Å². The van der Waals surface area contributed by atoms with Gasteiger partial charge in [0.05, 0.1) is 18.6 Å². The van der Waals surface area contributed by atoms with E-state index in [1.54, 1.807) is 0 Å². The number of ether oxygens (including phenoxy) is 2. The number of carbonyl (C=O) groups is 3. The maximum atomic E-state index is 14.3. The lowest BCUT2D eigenvalue weighted by molar-refractivity contribution is -0.156. The third kappa shape index (κ3) is 4.09. The molecule has 0 aromatic carbocycles. The van der Waals surface area contributed by atoms with Crippen molar-refractivity contribution in [1.29, 1.82) is 0 Å². The molecule has 5 atom stereocenters. The number of amides is 2. The molecule has 0 aromatic rings. The Kier molecular flexibility index (Phi) is 6.44. The molecule has 2 saturated heterocycles. The highest BCUT2D eigenvalue weighted by atomic mass is 16.6. The summed E-state index contributed by atoms with van der Waals surface area (Å²) in [5, 5.41) is 9.48. The Labute approximate surface area is 201 Å². The Balaban J connectivity index is 1.79. The molecule has 4 heterocycles. The number of nitrogens with zero attached hydrogens (tertiary/aromatic N) is 2. The van der Waals surface area contributed by atoms with E-state index in [0.29, 0.717) is 19.4 Å². The van der Waals surface area contributed by atoms with E-state index in [1.807, 2.05) is 29.2 Å². The first kappa shape index (κ1) is 24.9. The first-order valence-corrected chi connectivity index (χ1v) is 12.3. The Morgan fingerprint density at radius 1 is 1.12 bits per heavy atom. The zero-order chi connectivity index (χ0) is 24.9. The van der Waals surface area contributed by atoms with E-state index in [2.05, 4.69) is 34.6 Å². The van der Waals surface area contributed by atoms with Gasteiger partial charge in [-0.3, -0.25) is 14.4 Å². The Morgan fingerprint density at radius 2 is 1.85 bits per heavy atom. The first-order valence-electron chi connectivity index (χ1n) is 12.3. The number of cyclic esters (lactones) is 1. The summed E-state index contributed by atoms with van der Waals surface area (Å²) in [6.45, 7) is 11.3. The van der Waals surface area contributed by atoms with Gasteiger partial charge >= 0.3 is 5.97 Å². The average Bonchev–Trinajstić information content (AvgIpc) is 3.08. The molecule has 0 bridgehead atoms. The van der Waals surface area contributed by atoms with Gasteiger partial charge in [0.15, 0.2) is 0 Å². The normalized spacial score (nSPS) is 33.8. The zero-order valence-electron chi connectivity index (χ0n) is 21.0. The maximum Gasteiger partial charge on any atom is 0.312 e. The molecule has 0 saturated carbocycles. The quantitative estimate of drug-likeness (QED) is 0.484. The third-order valence-corrected chi connectivity index (χ3v) is 7.37. The van der Waals surface area contributed by atoms with Crippen LogP contribution in [0, 0.1) is 17.3 Å². The van der Waals surface area contributed by atoms with E-state index in [9.17, 15) is 19.5 Å². The number of fused-ring (bicyclic) bond motifs is 2. The monoisotopic (exact) mass is 474 g/mol. The highest BCUT2D eigenvalue weighted by Gasteiger charge is 2.72. The van der Waals surface area contributed by atoms with Crippen molar-refractivity contribution in [2.24, 2.45) is 17.3 Å². The van der Waals surface area contributed by atoms with Crippen molar-refractivity contribution in [2.75, 3.05) is 26.3 Å². The van der Waals surface area contributed by atoms with Crippen LogP contribution in [-0.4, -0.2) is 82.3 Å². The number of esters is 1. The summed E-state index contributed by atoms with van der Waals surface area (Å²) in [6, 6.07) is -0.899. The van der Waals surface area contributed by atoms with E-state index in [-0.39, 0.29) is 37.0 Å². The molecule has 4 rings (SSSR count). The van der Waals surface area contributed by atoms with Crippen molar-refractivity contribution >= 4 is 17.8 Å². The van der Waals surface area contributed by atoms with Crippen molar-refractivity contribution in [1.82, 2.24) is 9.80 Å². The number of aliphatic hydroxyl groups is 1. The van der Waals surface area contributed by atoms with Crippen LogP contribution >= 0.6 is 0 Å². The van der Waals surface area contributed by atoms with Gasteiger partial charge in [-0.25, -0.2) is 0 Å². The topological polar surface area (TPSA) is 96.4 Å². The predicted octanol–water partition coefficient (Wildman–Crippen LogP) is 2.07. The number of carbonyl (C=O) groups excluding carboxylic acids is 3. The molecule has 1 spiro atoms. The molecule has 4 aliphatic heterocycles. The molecule has 2 fully saturated rings. The van der Waals surface area contributed by atoms with Crippen LogP contribution in [0.2, 0.25) is 0 Å². The molecule has 1 N–H and O–H groups in total. The van der Waals surface area contributed by atoms with Gasteiger partial charge in [0.25, 0.3) is 0 Å². The van der Waals surface area contributed by atoms with E-state index in [1.165, 1.54) is 4.90 Å². The van der Waals surface area contributed by atoms with E-state index < -0.39 is 41.1 Å². The minimum Gasteiger partial charge on any atom is -0.465 e. The summed E-state index contributed by atoms with van der Waals surface area (Å²) in [4.78, 5) is 44.5. The van der Waals surface area contributed by atoms with Gasteiger partial charge in [0.1, 0.15) is 17.6 Å². The number of aliphatic hydroxyl groups excluding tert-OH is 1. The smallest absolute Gasteiger partial charge is 0.312 e. The Morgan fingerprint density at radius 3 is 2.53 bits per heavy atom. The van der Waals surface area contributed by atoms with Crippen molar-refractivity contribution in [3.8, 4) is 0 Å². The van der Waals surface area contributed by atoms with Crippen molar-refractivity contribution < 1.29 is 29.0 Å². The van der Waals surface area contributed by atoms with Crippen LogP contribution in [0.5, 0.6) is 0 Å². The third-order valence-electron chi connectivity index (χ3n) is 7.37. The van der Waals surface area contributed by atoms with Gasteiger partial charge in [-0.1, -0.05) is 45.1 Å². The van der Waals surface area contributed by atoms with Crippen LogP contribution in [0.1, 0.15) is 53.9 Å². The number of rotatable bonds is 5. The van der Waals surface area contributed by atoms with E-state index >= 15 is 0 Å². The lowest BCUT2D eigenvalue weighted by Gasteiger charge is -2.44. The second-order valence-electron chi connectivity index (χ2n) is 11.7. The van der Waals surface area contributed by atoms with Crippen LogP contribution < -0.4 is 0 Å². The first-order chi connectivity index (χ1) is 15.9. The van der Waals surface area contributed by atoms with Gasteiger partial charge in [-0.15, -0.1) is 0 Å². The van der Waals surface area contributed by atoms with Crippen LogP contribution in [-0.2, 0) is 23.9 Å². The molecule has 0 aromatic heterocycles. The fourth-order valence-electron chi connectivity index (χ4n) is 6.53. The second kappa shape index (κ2) is 8.79. The van der Waals surface area contributed by atoms with Crippen molar-refractivity contribution in [3.63, 3.8) is 0 Å². The van der Waals surface area contributed by atoms with Gasteiger partial charge in [-0.2, -0.15) is 0 Å². The highest BCUT2D eigenvalue weighted by molar-refractivity contribution is 5.99. The Hall–Kier alpha value is -2.19. The minimum atomic E-state index is -1.25. The average molecular weight is 475 g/mol. The predicted molar refractivity (Wildman–Crippen MR) is 126 cm³/mol. The van der Waals surface area contributed by atoms with Gasteiger partial charge in [0, 0.05) is 25.2 Å². The molecular weight excluding hydrogens is 436 g/mol. The summed E-state index contributed by atoms with van der Waals surface area (Å²) >= 11 is 0. The van der Waals surface area contributed by atoms with Crippen LogP contribution in [0.3, 0.4) is 0 Å². The molecule has 0 aliphatic carbocycles. The molecule has 0 radical (unpaired) electrons. The van der Waals surface area contributed by atoms with Gasteiger partial charge < -0.3 is 24.4 Å². The summed E-state index contributed by atoms with van der Waals surface area (Å²) in [6.07, 6.45) is 8.56. The van der Waals surface area contributed by atoms with Crippen molar-refractivity contribution in [2.45, 2.75) is 77.2 Å². The molecule has 8 nitrogen and oxygen atoms in total. The summed E-state index contributed by atoms with van der Waals surface area (Å²) in [7, 11) is 0. The molecular formula is C26H38N2O6. The molecule has 4 aliphatic rings. The summed E-state index contributed by atoms with van der Waals surface area (Å²) in [5.41, 5.74) is -1.72. The fraction of sp³-hybridized carbons (Fsp3) is 0.731.